The van der Waals surface area contributed by atoms with Gasteiger partial charge in [-0.15, -0.1) is 0 Å². The molecule has 0 N–H and O–H groups in total. The lowest BCUT2D eigenvalue weighted by atomic mass is 9.45. The van der Waals surface area contributed by atoms with Gasteiger partial charge < -0.3 is 0 Å². The van der Waals surface area contributed by atoms with E-state index >= 15 is 0 Å². The Balaban J connectivity index is 1.65. The molecule has 1 nitrogen and oxygen atoms in total. The number of fused-ring (bicyclic) bond motifs is 5. The highest BCUT2D eigenvalue weighted by Crippen LogP contribution is 2.65. The minimum atomic E-state index is 0.371. The van der Waals surface area contributed by atoms with Gasteiger partial charge in [-0.3, -0.25) is 4.79 Å². The van der Waals surface area contributed by atoms with Gasteiger partial charge in [0.1, 0.15) is 5.78 Å². The average molecular weight is 274 g/mol. The van der Waals surface area contributed by atoms with Crippen LogP contribution in [-0.4, -0.2) is 5.78 Å². The van der Waals surface area contributed by atoms with Gasteiger partial charge in [-0.1, -0.05) is 26.7 Å². The summed E-state index contributed by atoms with van der Waals surface area (Å²) in [7, 11) is 0. The molecule has 112 valence electrons. The van der Waals surface area contributed by atoms with E-state index in [1.807, 2.05) is 0 Å². The summed E-state index contributed by atoms with van der Waals surface area (Å²) in [5.41, 5.74) is 0.990. The Morgan fingerprint density at radius 3 is 2.65 bits per heavy atom. The average Bonchev–Trinajstić information content (AvgIpc) is 2.72. The van der Waals surface area contributed by atoms with E-state index in [1.54, 1.807) is 0 Å². The fraction of sp³-hybridized carbons (Fsp3) is 0.947. The van der Waals surface area contributed by atoms with Crippen molar-refractivity contribution in [2.24, 2.45) is 34.5 Å². The first-order chi connectivity index (χ1) is 9.53. The van der Waals surface area contributed by atoms with Crippen molar-refractivity contribution in [1.82, 2.24) is 0 Å². The number of carbonyl (C=O) groups is 1. The molecule has 0 aromatic heterocycles. The quantitative estimate of drug-likeness (QED) is 0.608. The van der Waals surface area contributed by atoms with E-state index in [9.17, 15) is 4.79 Å². The number of Topliss-reactive ketones (excluding diaryl/α,β-unsaturated/α-hetero) is 1. The first kappa shape index (κ1) is 13.3. The second kappa shape index (κ2) is 4.34. The molecule has 6 atom stereocenters. The van der Waals surface area contributed by atoms with E-state index in [0.29, 0.717) is 16.6 Å². The maximum Gasteiger partial charge on any atom is 0.133 e. The fourth-order valence-electron chi connectivity index (χ4n) is 7.07. The van der Waals surface area contributed by atoms with Crippen LogP contribution < -0.4 is 0 Å². The minimum Gasteiger partial charge on any atom is -0.300 e. The molecule has 4 saturated carbocycles. The van der Waals surface area contributed by atoms with Gasteiger partial charge >= 0.3 is 0 Å². The standard InChI is InChI=1S/C19H30O/c1-18-10-8-16-15(17(18)11-14(20)12-18)7-6-13-5-3-4-9-19(13,16)2/h13,15-17H,3-12H2,1-2H3/t13-,15-,16+,17+,18+,19-/m0/s1. The Morgan fingerprint density at radius 2 is 1.80 bits per heavy atom. The fourth-order valence-corrected chi connectivity index (χ4v) is 7.07. The molecule has 1 heteroatoms. The van der Waals surface area contributed by atoms with Crippen molar-refractivity contribution < 1.29 is 4.79 Å². The summed E-state index contributed by atoms with van der Waals surface area (Å²) in [4.78, 5) is 12.1. The van der Waals surface area contributed by atoms with Gasteiger partial charge in [0, 0.05) is 12.8 Å². The molecule has 0 amide bonds. The van der Waals surface area contributed by atoms with E-state index < -0.39 is 0 Å². The Morgan fingerprint density at radius 1 is 0.950 bits per heavy atom. The monoisotopic (exact) mass is 274 g/mol. The van der Waals surface area contributed by atoms with Crippen LogP contribution in [0.25, 0.3) is 0 Å². The van der Waals surface area contributed by atoms with Crippen LogP contribution in [0.5, 0.6) is 0 Å². The van der Waals surface area contributed by atoms with Crippen molar-refractivity contribution in [1.29, 1.82) is 0 Å². The highest BCUT2D eigenvalue weighted by Gasteiger charge is 2.58. The molecule has 4 rings (SSSR count). The largest absolute Gasteiger partial charge is 0.300 e. The molecule has 0 unspecified atom stereocenters. The lowest BCUT2D eigenvalue weighted by molar-refractivity contribution is -0.118. The summed E-state index contributed by atoms with van der Waals surface area (Å²) in [6.07, 6.45) is 13.3. The number of ketones is 1. The molecule has 20 heavy (non-hydrogen) atoms. The zero-order valence-corrected chi connectivity index (χ0v) is 13.3. The number of carbonyl (C=O) groups excluding carboxylic acids is 1. The maximum atomic E-state index is 12.1. The summed E-state index contributed by atoms with van der Waals surface area (Å²) in [5.74, 6) is 4.10. The number of hydrogen-bond acceptors (Lipinski definition) is 1. The zero-order valence-electron chi connectivity index (χ0n) is 13.3. The summed E-state index contributed by atoms with van der Waals surface area (Å²) in [5, 5.41) is 0. The van der Waals surface area contributed by atoms with Crippen LogP contribution in [0.4, 0.5) is 0 Å². The Labute approximate surface area is 123 Å². The molecule has 0 heterocycles. The lowest BCUT2D eigenvalue weighted by Crippen LogP contribution is -2.51. The van der Waals surface area contributed by atoms with Crippen molar-refractivity contribution in [3.05, 3.63) is 0 Å². The van der Waals surface area contributed by atoms with Crippen LogP contribution >= 0.6 is 0 Å². The first-order valence-corrected chi connectivity index (χ1v) is 9.05. The van der Waals surface area contributed by atoms with E-state index in [0.717, 1.165) is 36.5 Å². The van der Waals surface area contributed by atoms with Crippen LogP contribution in [0.3, 0.4) is 0 Å². The molecule has 4 fully saturated rings. The van der Waals surface area contributed by atoms with Crippen LogP contribution in [0.15, 0.2) is 0 Å². The van der Waals surface area contributed by atoms with Crippen LogP contribution in [0.2, 0.25) is 0 Å². The molecule has 4 aliphatic carbocycles. The predicted octanol–water partition coefficient (Wildman–Crippen LogP) is 4.99. The topological polar surface area (TPSA) is 17.1 Å². The van der Waals surface area contributed by atoms with Crippen LogP contribution in [0, 0.1) is 34.5 Å². The second-order valence-electron chi connectivity index (χ2n) is 9.01. The zero-order chi connectivity index (χ0) is 14.0. The van der Waals surface area contributed by atoms with Crippen molar-refractivity contribution in [2.45, 2.75) is 78.1 Å². The predicted molar refractivity (Wildman–Crippen MR) is 81.4 cm³/mol. The highest BCUT2D eigenvalue weighted by molar-refractivity contribution is 5.82. The molecule has 0 aromatic rings. The molecule has 4 aliphatic rings. The Kier molecular flexibility index (Phi) is 2.89. The molecular weight excluding hydrogens is 244 g/mol. The maximum absolute atomic E-state index is 12.1. The van der Waals surface area contributed by atoms with Gasteiger partial charge in [-0.25, -0.2) is 0 Å². The molecule has 0 aromatic carbocycles. The SMILES string of the molecule is C[C@]12CC[C@@H]3[C@H](CC[C@@H]4CCCC[C@@]43C)[C@H]1CC(=O)C2. The molecule has 0 spiro atoms. The third-order valence-corrected chi connectivity index (χ3v) is 8.15. The van der Waals surface area contributed by atoms with Gasteiger partial charge in [0.2, 0.25) is 0 Å². The molecule has 0 bridgehead atoms. The smallest absolute Gasteiger partial charge is 0.133 e. The van der Waals surface area contributed by atoms with Gasteiger partial charge in [-0.2, -0.15) is 0 Å². The minimum absolute atomic E-state index is 0.371. The number of rotatable bonds is 0. The summed E-state index contributed by atoms with van der Waals surface area (Å²) in [6, 6.07) is 0. The highest BCUT2D eigenvalue weighted by atomic mass is 16.1. The summed E-state index contributed by atoms with van der Waals surface area (Å²) < 4.78 is 0. The third kappa shape index (κ3) is 1.70. The third-order valence-electron chi connectivity index (χ3n) is 8.15. The normalized spacial score (nSPS) is 55.0. The van der Waals surface area contributed by atoms with Crippen molar-refractivity contribution in [3.8, 4) is 0 Å². The van der Waals surface area contributed by atoms with E-state index in [1.165, 1.54) is 51.4 Å². The summed E-state index contributed by atoms with van der Waals surface area (Å²) in [6.45, 7) is 5.04. The number of hydrogen-bond donors (Lipinski definition) is 0. The second-order valence-corrected chi connectivity index (χ2v) is 9.01. The Hall–Kier alpha value is -0.330. The van der Waals surface area contributed by atoms with Crippen molar-refractivity contribution in [3.63, 3.8) is 0 Å². The van der Waals surface area contributed by atoms with Gasteiger partial charge in [0.25, 0.3) is 0 Å². The molecule has 0 saturated heterocycles. The van der Waals surface area contributed by atoms with Crippen LogP contribution in [-0.2, 0) is 4.79 Å². The summed E-state index contributed by atoms with van der Waals surface area (Å²) >= 11 is 0. The first-order valence-electron chi connectivity index (χ1n) is 9.05. The van der Waals surface area contributed by atoms with Crippen molar-refractivity contribution >= 4 is 5.78 Å². The molecule has 0 radical (unpaired) electrons. The van der Waals surface area contributed by atoms with E-state index in [-0.39, 0.29) is 0 Å². The molecular formula is C19H30O. The molecule has 0 aliphatic heterocycles. The Bertz CT molecular complexity index is 427. The lowest BCUT2D eigenvalue weighted by Gasteiger charge is -2.59. The van der Waals surface area contributed by atoms with Crippen LogP contribution in [0.1, 0.15) is 78.1 Å². The van der Waals surface area contributed by atoms with E-state index in [4.69, 9.17) is 0 Å². The van der Waals surface area contributed by atoms with E-state index in [2.05, 4.69) is 13.8 Å². The van der Waals surface area contributed by atoms with Crippen molar-refractivity contribution in [2.75, 3.05) is 0 Å². The van der Waals surface area contributed by atoms with Gasteiger partial charge in [0.15, 0.2) is 0 Å². The van der Waals surface area contributed by atoms with Gasteiger partial charge in [-0.05, 0) is 73.0 Å². The van der Waals surface area contributed by atoms with Gasteiger partial charge in [0.05, 0.1) is 0 Å².